The number of hydrogen-bond acceptors (Lipinski definition) is 4. The van der Waals surface area contributed by atoms with Gasteiger partial charge in [0.15, 0.2) is 0 Å². The molecule has 0 fully saturated rings. The van der Waals surface area contributed by atoms with Gasteiger partial charge >= 0.3 is 0 Å². The molecule has 0 bridgehead atoms. The summed E-state index contributed by atoms with van der Waals surface area (Å²) in [6.45, 7) is 2.07. The van der Waals surface area contributed by atoms with Gasteiger partial charge in [-0.25, -0.2) is 15.0 Å². The van der Waals surface area contributed by atoms with E-state index in [1.165, 1.54) is 11.1 Å². The molecule has 2 heterocycles. The third-order valence-corrected chi connectivity index (χ3v) is 3.43. The zero-order valence-electron chi connectivity index (χ0n) is 11.0. The van der Waals surface area contributed by atoms with Crippen LogP contribution >= 0.6 is 11.6 Å². The van der Waals surface area contributed by atoms with E-state index in [-0.39, 0.29) is 5.95 Å². The lowest BCUT2D eigenvalue weighted by Crippen LogP contribution is -2.03. The summed E-state index contributed by atoms with van der Waals surface area (Å²) in [5.74, 6) is 0.255. The summed E-state index contributed by atoms with van der Waals surface area (Å²) in [6, 6.07) is 11.7. The van der Waals surface area contributed by atoms with Gasteiger partial charge in [-0.15, -0.1) is 0 Å². The maximum Gasteiger partial charge on any atom is 0.220 e. The summed E-state index contributed by atoms with van der Waals surface area (Å²) in [7, 11) is 0. The van der Waals surface area contributed by atoms with Crippen molar-refractivity contribution < 1.29 is 0 Å². The van der Waals surface area contributed by atoms with Gasteiger partial charge in [0.25, 0.3) is 0 Å². The van der Waals surface area contributed by atoms with Crippen molar-refractivity contribution in [1.29, 1.82) is 0 Å². The third kappa shape index (κ3) is 2.42. The van der Waals surface area contributed by atoms with Gasteiger partial charge in [-0.2, -0.15) is 0 Å². The van der Waals surface area contributed by atoms with Gasteiger partial charge < -0.3 is 5.73 Å². The van der Waals surface area contributed by atoms with Gasteiger partial charge in [0, 0.05) is 6.42 Å². The quantitative estimate of drug-likeness (QED) is 0.734. The lowest BCUT2D eigenvalue weighted by molar-refractivity contribution is 1.05. The van der Waals surface area contributed by atoms with E-state index in [0.717, 1.165) is 5.69 Å². The van der Waals surface area contributed by atoms with E-state index < -0.39 is 0 Å². The third-order valence-electron chi connectivity index (χ3n) is 3.22. The number of benzene rings is 1. The van der Waals surface area contributed by atoms with Gasteiger partial charge in [0.2, 0.25) is 5.95 Å². The second-order valence-electron chi connectivity index (χ2n) is 4.63. The molecule has 0 radical (unpaired) electrons. The predicted octanol–water partition coefficient (Wildman–Crippen LogP) is 3.16. The molecule has 0 saturated carbocycles. The lowest BCUT2D eigenvalue weighted by Gasteiger charge is -2.08. The fourth-order valence-corrected chi connectivity index (χ4v) is 2.33. The number of aryl methyl sites for hydroxylation is 1. The summed E-state index contributed by atoms with van der Waals surface area (Å²) < 4.78 is 0. The van der Waals surface area contributed by atoms with Crippen LogP contribution in [0.5, 0.6) is 0 Å². The van der Waals surface area contributed by atoms with Gasteiger partial charge in [-0.05, 0) is 30.2 Å². The molecule has 0 atom stereocenters. The molecule has 2 N–H and O–H groups in total. The van der Waals surface area contributed by atoms with Crippen LogP contribution in [0, 0.1) is 6.92 Å². The first-order chi connectivity index (χ1) is 9.63. The van der Waals surface area contributed by atoms with Crippen LogP contribution < -0.4 is 5.73 Å². The highest BCUT2D eigenvalue weighted by atomic mass is 35.5. The van der Waals surface area contributed by atoms with E-state index in [9.17, 15) is 0 Å². The summed E-state index contributed by atoms with van der Waals surface area (Å²) in [6.07, 6.45) is 0.656. The van der Waals surface area contributed by atoms with Crippen LogP contribution in [-0.2, 0) is 6.42 Å². The molecule has 3 rings (SSSR count). The standard InChI is InChI=1S/C15H13ClN4/c1-9-4-2-3-5-10(9)8-12-14-11(18-15(17)19-12)6-7-13(16)20-14/h2-7H,8H2,1H3,(H2,17,18,19). The number of hydrogen-bond donors (Lipinski definition) is 1. The molecular formula is C15H13ClN4. The normalized spacial score (nSPS) is 10.9. The van der Waals surface area contributed by atoms with Crippen LogP contribution in [0.1, 0.15) is 16.8 Å². The maximum atomic E-state index is 5.97. The zero-order chi connectivity index (χ0) is 14.1. The van der Waals surface area contributed by atoms with Crippen LogP contribution in [0.4, 0.5) is 5.95 Å². The number of pyridine rings is 1. The van der Waals surface area contributed by atoms with E-state index in [1.807, 2.05) is 18.2 Å². The number of rotatable bonds is 2. The molecular weight excluding hydrogens is 272 g/mol. The highest BCUT2D eigenvalue weighted by Gasteiger charge is 2.10. The molecule has 5 heteroatoms. The zero-order valence-corrected chi connectivity index (χ0v) is 11.7. The van der Waals surface area contributed by atoms with E-state index in [4.69, 9.17) is 17.3 Å². The Morgan fingerprint density at radius 3 is 2.65 bits per heavy atom. The predicted molar refractivity (Wildman–Crippen MR) is 80.7 cm³/mol. The summed E-state index contributed by atoms with van der Waals surface area (Å²) in [5.41, 5.74) is 10.4. The van der Waals surface area contributed by atoms with Gasteiger partial charge in [0.05, 0.1) is 11.2 Å². The van der Waals surface area contributed by atoms with Gasteiger partial charge in [0.1, 0.15) is 10.7 Å². The van der Waals surface area contributed by atoms with Crippen molar-refractivity contribution in [3.8, 4) is 0 Å². The average molecular weight is 285 g/mol. The minimum atomic E-state index is 0.255. The topological polar surface area (TPSA) is 64.7 Å². The van der Waals surface area contributed by atoms with Crippen LogP contribution in [0.3, 0.4) is 0 Å². The van der Waals surface area contributed by atoms with Crippen molar-refractivity contribution in [2.24, 2.45) is 0 Å². The molecule has 100 valence electrons. The Kier molecular flexibility index (Phi) is 3.24. The molecule has 0 amide bonds. The number of nitrogen functional groups attached to an aromatic ring is 1. The molecule has 4 nitrogen and oxygen atoms in total. The number of aromatic nitrogens is 3. The Morgan fingerprint density at radius 2 is 1.85 bits per heavy atom. The molecule has 0 saturated heterocycles. The lowest BCUT2D eigenvalue weighted by atomic mass is 10.0. The minimum absolute atomic E-state index is 0.255. The molecule has 0 unspecified atom stereocenters. The van der Waals surface area contributed by atoms with Crippen molar-refractivity contribution in [1.82, 2.24) is 15.0 Å². The summed E-state index contributed by atoms with van der Waals surface area (Å²) in [4.78, 5) is 12.8. The molecule has 0 aliphatic rings. The Balaban J connectivity index is 2.15. The monoisotopic (exact) mass is 284 g/mol. The smallest absolute Gasteiger partial charge is 0.220 e. The van der Waals surface area contributed by atoms with Crippen LogP contribution in [0.2, 0.25) is 5.15 Å². The van der Waals surface area contributed by atoms with Crippen molar-refractivity contribution in [3.05, 3.63) is 58.4 Å². The second kappa shape index (κ2) is 5.06. The fraction of sp³-hybridized carbons (Fsp3) is 0.133. The van der Waals surface area contributed by atoms with Crippen molar-refractivity contribution in [2.45, 2.75) is 13.3 Å². The highest BCUT2D eigenvalue weighted by Crippen LogP contribution is 2.21. The number of fused-ring (bicyclic) bond motifs is 1. The molecule has 0 spiro atoms. The van der Waals surface area contributed by atoms with Gasteiger partial charge in [-0.3, -0.25) is 0 Å². The number of nitrogens with two attached hydrogens (primary N) is 1. The highest BCUT2D eigenvalue weighted by molar-refractivity contribution is 6.29. The molecule has 2 aromatic heterocycles. The SMILES string of the molecule is Cc1ccccc1Cc1nc(N)nc2ccc(Cl)nc12. The molecule has 1 aromatic carbocycles. The second-order valence-corrected chi connectivity index (χ2v) is 5.02. The molecule has 20 heavy (non-hydrogen) atoms. The van der Waals surface area contributed by atoms with Crippen molar-refractivity contribution in [3.63, 3.8) is 0 Å². The Labute approximate surface area is 121 Å². The number of anilines is 1. The minimum Gasteiger partial charge on any atom is -0.368 e. The van der Waals surface area contributed by atoms with Crippen molar-refractivity contribution >= 4 is 28.6 Å². The summed E-state index contributed by atoms with van der Waals surface area (Å²) >= 11 is 5.97. The Hall–Kier alpha value is -2.20. The Morgan fingerprint density at radius 1 is 1.05 bits per heavy atom. The maximum absolute atomic E-state index is 5.97. The first kappa shape index (κ1) is 12.8. The van der Waals surface area contributed by atoms with E-state index in [1.54, 1.807) is 6.07 Å². The van der Waals surface area contributed by atoms with Crippen LogP contribution in [-0.4, -0.2) is 15.0 Å². The largest absolute Gasteiger partial charge is 0.368 e. The fourth-order valence-electron chi connectivity index (χ4n) is 2.18. The van der Waals surface area contributed by atoms with E-state index in [0.29, 0.717) is 22.6 Å². The van der Waals surface area contributed by atoms with Crippen LogP contribution in [0.15, 0.2) is 36.4 Å². The Bertz CT molecular complexity index is 786. The summed E-state index contributed by atoms with van der Waals surface area (Å²) in [5, 5.41) is 0.428. The number of nitrogens with zero attached hydrogens (tertiary/aromatic N) is 3. The van der Waals surface area contributed by atoms with Crippen LogP contribution in [0.25, 0.3) is 11.0 Å². The first-order valence-corrected chi connectivity index (χ1v) is 6.64. The molecule has 0 aliphatic carbocycles. The average Bonchev–Trinajstić information content (AvgIpc) is 2.42. The molecule has 0 aliphatic heterocycles. The number of halogens is 1. The molecule has 3 aromatic rings. The van der Waals surface area contributed by atoms with Crippen molar-refractivity contribution in [2.75, 3.05) is 5.73 Å². The van der Waals surface area contributed by atoms with E-state index in [2.05, 4.69) is 34.0 Å². The first-order valence-electron chi connectivity index (χ1n) is 6.26. The van der Waals surface area contributed by atoms with E-state index >= 15 is 0 Å². The van der Waals surface area contributed by atoms with Gasteiger partial charge in [-0.1, -0.05) is 35.9 Å².